The molecule has 1 aliphatic rings. The van der Waals surface area contributed by atoms with Crippen LogP contribution in [0.3, 0.4) is 0 Å². The van der Waals surface area contributed by atoms with Crippen LogP contribution in [0.5, 0.6) is 0 Å². The zero-order chi connectivity index (χ0) is 14.7. The van der Waals surface area contributed by atoms with Crippen molar-refractivity contribution < 1.29 is 0 Å². The Balaban J connectivity index is 1.74. The van der Waals surface area contributed by atoms with Gasteiger partial charge in [-0.15, -0.1) is 0 Å². The van der Waals surface area contributed by atoms with Crippen LogP contribution in [0.25, 0.3) is 0 Å². The SMILES string of the molecule is Clc1cc(NCc2ccccc2N2CCCC2)ccc1Br. The van der Waals surface area contributed by atoms with E-state index in [1.54, 1.807) is 0 Å². The molecule has 0 amide bonds. The molecule has 0 aliphatic carbocycles. The summed E-state index contributed by atoms with van der Waals surface area (Å²) >= 11 is 9.55. The van der Waals surface area contributed by atoms with Gasteiger partial charge in [-0.25, -0.2) is 0 Å². The number of para-hydroxylation sites is 1. The van der Waals surface area contributed by atoms with Gasteiger partial charge in [0.05, 0.1) is 5.02 Å². The summed E-state index contributed by atoms with van der Waals surface area (Å²) < 4.78 is 0.923. The molecule has 0 unspecified atom stereocenters. The van der Waals surface area contributed by atoms with Gasteiger partial charge in [-0.05, 0) is 58.6 Å². The van der Waals surface area contributed by atoms with Crippen molar-refractivity contribution in [3.05, 3.63) is 57.5 Å². The molecule has 0 aromatic heterocycles. The minimum absolute atomic E-state index is 0.729. The molecule has 2 aromatic rings. The van der Waals surface area contributed by atoms with Crippen LogP contribution in [0, 0.1) is 0 Å². The summed E-state index contributed by atoms with van der Waals surface area (Å²) in [6.45, 7) is 3.15. The first kappa shape index (κ1) is 14.7. The summed E-state index contributed by atoms with van der Waals surface area (Å²) in [4.78, 5) is 2.48. The van der Waals surface area contributed by atoms with Crippen LogP contribution in [0.15, 0.2) is 46.9 Å². The molecular weight excluding hydrogens is 348 g/mol. The maximum atomic E-state index is 6.14. The standard InChI is InChI=1S/C17H18BrClN2/c18-15-8-7-14(11-16(15)19)20-12-13-5-1-2-6-17(13)21-9-3-4-10-21/h1-2,5-8,11,20H,3-4,9-10,12H2. The highest BCUT2D eigenvalue weighted by Gasteiger charge is 2.15. The van der Waals surface area contributed by atoms with E-state index in [4.69, 9.17) is 11.6 Å². The lowest BCUT2D eigenvalue weighted by Gasteiger charge is -2.21. The zero-order valence-corrected chi connectivity index (χ0v) is 14.1. The first-order valence-electron chi connectivity index (χ1n) is 7.26. The monoisotopic (exact) mass is 364 g/mol. The molecule has 1 heterocycles. The van der Waals surface area contributed by atoms with E-state index >= 15 is 0 Å². The summed E-state index contributed by atoms with van der Waals surface area (Å²) in [6.07, 6.45) is 2.59. The number of benzene rings is 2. The largest absolute Gasteiger partial charge is 0.381 e. The number of nitrogens with zero attached hydrogens (tertiary/aromatic N) is 1. The number of nitrogens with one attached hydrogen (secondary N) is 1. The molecule has 0 spiro atoms. The lowest BCUT2D eigenvalue weighted by atomic mass is 10.1. The number of rotatable bonds is 4. The van der Waals surface area contributed by atoms with Gasteiger partial charge < -0.3 is 10.2 Å². The quantitative estimate of drug-likeness (QED) is 0.789. The van der Waals surface area contributed by atoms with Crippen molar-refractivity contribution in [3.8, 4) is 0 Å². The molecule has 1 saturated heterocycles. The molecule has 0 radical (unpaired) electrons. The third-order valence-electron chi connectivity index (χ3n) is 3.84. The van der Waals surface area contributed by atoms with Gasteiger partial charge in [0, 0.05) is 35.5 Å². The van der Waals surface area contributed by atoms with Crippen LogP contribution in [0.2, 0.25) is 5.02 Å². The predicted molar refractivity (Wildman–Crippen MR) is 94.4 cm³/mol. The fraction of sp³-hybridized carbons (Fsp3) is 0.294. The minimum atomic E-state index is 0.729. The molecule has 1 fully saturated rings. The third-order valence-corrected chi connectivity index (χ3v) is 5.07. The Labute approximate surface area is 139 Å². The average molecular weight is 366 g/mol. The molecule has 0 atom stereocenters. The van der Waals surface area contributed by atoms with E-state index < -0.39 is 0 Å². The highest BCUT2D eigenvalue weighted by molar-refractivity contribution is 9.10. The van der Waals surface area contributed by atoms with E-state index in [9.17, 15) is 0 Å². The van der Waals surface area contributed by atoms with Crippen molar-refractivity contribution in [1.82, 2.24) is 0 Å². The molecule has 0 bridgehead atoms. The first-order chi connectivity index (χ1) is 10.2. The summed E-state index contributed by atoms with van der Waals surface area (Å²) in [5.41, 5.74) is 3.73. The number of anilines is 2. The molecule has 21 heavy (non-hydrogen) atoms. The summed E-state index contributed by atoms with van der Waals surface area (Å²) in [5, 5.41) is 4.19. The highest BCUT2D eigenvalue weighted by atomic mass is 79.9. The van der Waals surface area contributed by atoms with Crippen molar-refractivity contribution in [3.63, 3.8) is 0 Å². The van der Waals surface area contributed by atoms with Crippen molar-refractivity contribution in [2.24, 2.45) is 0 Å². The van der Waals surface area contributed by atoms with Crippen LogP contribution >= 0.6 is 27.5 Å². The van der Waals surface area contributed by atoms with Crippen molar-refractivity contribution in [2.75, 3.05) is 23.3 Å². The molecule has 2 nitrogen and oxygen atoms in total. The second kappa shape index (κ2) is 6.71. The van der Waals surface area contributed by atoms with Crippen molar-refractivity contribution in [2.45, 2.75) is 19.4 Å². The van der Waals surface area contributed by atoms with E-state index in [0.29, 0.717) is 0 Å². The Bertz CT molecular complexity index is 624. The lowest BCUT2D eigenvalue weighted by Crippen LogP contribution is -2.19. The van der Waals surface area contributed by atoms with Gasteiger partial charge in [-0.2, -0.15) is 0 Å². The summed E-state index contributed by atoms with van der Waals surface area (Å²) in [5.74, 6) is 0. The predicted octanol–water partition coefficient (Wildman–Crippen LogP) is 5.31. The molecule has 1 aliphatic heterocycles. The van der Waals surface area contributed by atoms with Gasteiger partial charge >= 0.3 is 0 Å². The molecule has 3 rings (SSSR count). The van der Waals surface area contributed by atoms with Crippen molar-refractivity contribution in [1.29, 1.82) is 0 Å². The van der Waals surface area contributed by atoms with Crippen LogP contribution in [-0.4, -0.2) is 13.1 Å². The number of hydrogen-bond donors (Lipinski definition) is 1. The van der Waals surface area contributed by atoms with Crippen LogP contribution in [0.4, 0.5) is 11.4 Å². The smallest absolute Gasteiger partial charge is 0.0568 e. The molecule has 4 heteroatoms. The van der Waals surface area contributed by atoms with Gasteiger partial charge in [0.1, 0.15) is 0 Å². The van der Waals surface area contributed by atoms with E-state index in [1.165, 1.54) is 37.2 Å². The second-order valence-corrected chi connectivity index (χ2v) is 6.57. The molecule has 110 valence electrons. The first-order valence-corrected chi connectivity index (χ1v) is 8.43. The Hall–Kier alpha value is -1.19. The van der Waals surface area contributed by atoms with Gasteiger partial charge in [0.25, 0.3) is 0 Å². The van der Waals surface area contributed by atoms with Gasteiger partial charge in [0.2, 0.25) is 0 Å². The maximum Gasteiger partial charge on any atom is 0.0568 e. The highest BCUT2D eigenvalue weighted by Crippen LogP contribution is 2.28. The molecule has 1 N–H and O–H groups in total. The van der Waals surface area contributed by atoms with Gasteiger partial charge in [-0.1, -0.05) is 29.8 Å². The lowest BCUT2D eigenvalue weighted by molar-refractivity contribution is 0.949. The molecular formula is C17H18BrClN2. The van der Waals surface area contributed by atoms with Crippen LogP contribution < -0.4 is 10.2 Å². The maximum absolute atomic E-state index is 6.14. The van der Waals surface area contributed by atoms with Gasteiger partial charge in [0.15, 0.2) is 0 Å². The van der Waals surface area contributed by atoms with E-state index in [0.717, 1.165) is 21.7 Å². The normalized spacial score (nSPS) is 14.5. The Morgan fingerprint density at radius 3 is 2.62 bits per heavy atom. The second-order valence-electron chi connectivity index (χ2n) is 5.31. The van der Waals surface area contributed by atoms with Gasteiger partial charge in [-0.3, -0.25) is 0 Å². The zero-order valence-electron chi connectivity index (χ0n) is 11.8. The third kappa shape index (κ3) is 3.53. The fourth-order valence-corrected chi connectivity index (χ4v) is 3.16. The van der Waals surface area contributed by atoms with E-state index in [1.807, 2.05) is 18.2 Å². The Kier molecular flexibility index (Phi) is 4.71. The summed E-state index contributed by atoms with van der Waals surface area (Å²) in [6, 6.07) is 14.6. The Morgan fingerprint density at radius 1 is 1.10 bits per heavy atom. The number of hydrogen-bond acceptors (Lipinski definition) is 2. The molecule has 0 saturated carbocycles. The van der Waals surface area contributed by atoms with Crippen LogP contribution in [0.1, 0.15) is 18.4 Å². The number of halogens is 2. The minimum Gasteiger partial charge on any atom is -0.381 e. The average Bonchev–Trinajstić information content (AvgIpc) is 3.03. The Morgan fingerprint density at radius 2 is 1.86 bits per heavy atom. The van der Waals surface area contributed by atoms with E-state index in [-0.39, 0.29) is 0 Å². The fourth-order valence-electron chi connectivity index (χ4n) is 2.73. The topological polar surface area (TPSA) is 15.3 Å². The van der Waals surface area contributed by atoms with Crippen molar-refractivity contribution >= 4 is 38.9 Å². The summed E-state index contributed by atoms with van der Waals surface area (Å²) in [7, 11) is 0. The molecule has 2 aromatic carbocycles. The van der Waals surface area contributed by atoms with E-state index in [2.05, 4.69) is 50.4 Å². The van der Waals surface area contributed by atoms with Crippen LogP contribution in [-0.2, 0) is 6.54 Å².